The SMILES string of the molecule is COc1cc(C(F)(F)F)cc2c1nc(C)c1c(C(F)(F)F)nc(-c3cccnc3C)n12. The fourth-order valence-corrected chi connectivity index (χ4v) is 3.50. The van der Waals surface area contributed by atoms with E-state index >= 15 is 0 Å². The Balaban J connectivity index is 2.29. The number of aromatic nitrogens is 4. The summed E-state index contributed by atoms with van der Waals surface area (Å²) in [6.07, 6.45) is -8.16. The monoisotopic (exact) mass is 440 g/mol. The van der Waals surface area contributed by atoms with Gasteiger partial charge >= 0.3 is 12.4 Å². The van der Waals surface area contributed by atoms with Gasteiger partial charge in [0.15, 0.2) is 5.69 Å². The number of hydrogen-bond donors (Lipinski definition) is 0. The smallest absolute Gasteiger partial charge is 0.435 e. The number of alkyl halides is 6. The molecule has 0 aliphatic heterocycles. The highest BCUT2D eigenvalue weighted by atomic mass is 19.4. The van der Waals surface area contributed by atoms with E-state index in [4.69, 9.17) is 4.74 Å². The van der Waals surface area contributed by atoms with Crippen LogP contribution in [-0.2, 0) is 12.4 Å². The molecule has 4 aromatic rings. The second-order valence-corrected chi connectivity index (χ2v) is 6.84. The van der Waals surface area contributed by atoms with Gasteiger partial charge in [-0.3, -0.25) is 9.38 Å². The molecule has 0 aliphatic rings. The first kappa shape index (κ1) is 20.9. The summed E-state index contributed by atoms with van der Waals surface area (Å²) in [6.45, 7) is 2.91. The zero-order valence-electron chi connectivity index (χ0n) is 16.4. The number of methoxy groups -OCH3 is 1. The van der Waals surface area contributed by atoms with Crippen molar-refractivity contribution in [3.05, 3.63) is 53.1 Å². The lowest BCUT2D eigenvalue weighted by molar-refractivity contribution is -0.139. The molecule has 162 valence electrons. The molecule has 0 radical (unpaired) electrons. The molecule has 0 unspecified atom stereocenters. The molecule has 5 nitrogen and oxygen atoms in total. The van der Waals surface area contributed by atoms with Crippen LogP contribution in [0.3, 0.4) is 0 Å². The summed E-state index contributed by atoms with van der Waals surface area (Å²) in [5, 5.41) is 0. The van der Waals surface area contributed by atoms with Crippen molar-refractivity contribution < 1.29 is 31.1 Å². The van der Waals surface area contributed by atoms with Crippen LogP contribution in [0.2, 0.25) is 0 Å². The lowest BCUT2D eigenvalue weighted by Gasteiger charge is -2.15. The number of aryl methyl sites for hydroxylation is 2. The molecule has 0 spiro atoms. The Bertz CT molecular complexity index is 1320. The van der Waals surface area contributed by atoms with Crippen LogP contribution in [0.5, 0.6) is 5.75 Å². The Morgan fingerprint density at radius 1 is 0.935 bits per heavy atom. The van der Waals surface area contributed by atoms with E-state index in [0.29, 0.717) is 5.69 Å². The molecule has 0 bridgehead atoms. The number of nitrogens with zero attached hydrogens (tertiary/aromatic N) is 4. The van der Waals surface area contributed by atoms with E-state index in [2.05, 4.69) is 15.0 Å². The summed E-state index contributed by atoms with van der Waals surface area (Å²) in [7, 11) is 1.16. The Morgan fingerprint density at radius 2 is 1.65 bits per heavy atom. The van der Waals surface area contributed by atoms with Gasteiger partial charge in [-0.05, 0) is 38.1 Å². The van der Waals surface area contributed by atoms with Crippen LogP contribution < -0.4 is 4.74 Å². The van der Waals surface area contributed by atoms with Gasteiger partial charge in [-0.25, -0.2) is 9.97 Å². The van der Waals surface area contributed by atoms with Crippen LogP contribution >= 0.6 is 0 Å². The third-order valence-corrected chi connectivity index (χ3v) is 4.86. The maximum Gasteiger partial charge on any atom is 0.435 e. The van der Waals surface area contributed by atoms with Crippen molar-refractivity contribution in [3.8, 4) is 17.1 Å². The maximum atomic E-state index is 13.8. The van der Waals surface area contributed by atoms with E-state index in [1.807, 2.05) is 0 Å². The molecule has 0 N–H and O–H groups in total. The normalized spacial score (nSPS) is 12.7. The van der Waals surface area contributed by atoms with Crippen LogP contribution in [-0.4, -0.2) is 26.5 Å². The van der Waals surface area contributed by atoms with Gasteiger partial charge in [0, 0.05) is 17.5 Å². The molecule has 0 fully saturated rings. The van der Waals surface area contributed by atoms with Crippen LogP contribution in [0.1, 0.15) is 22.6 Å². The Kier molecular flexibility index (Phi) is 4.60. The van der Waals surface area contributed by atoms with Gasteiger partial charge < -0.3 is 4.74 Å². The highest BCUT2D eigenvalue weighted by Crippen LogP contribution is 2.41. The van der Waals surface area contributed by atoms with Crippen molar-refractivity contribution in [2.45, 2.75) is 26.2 Å². The van der Waals surface area contributed by atoms with Crippen molar-refractivity contribution in [1.82, 2.24) is 19.4 Å². The number of halogens is 6. The predicted molar refractivity (Wildman–Crippen MR) is 99.8 cm³/mol. The second kappa shape index (κ2) is 6.82. The number of hydrogen-bond acceptors (Lipinski definition) is 4. The Morgan fingerprint density at radius 3 is 2.23 bits per heavy atom. The van der Waals surface area contributed by atoms with Gasteiger partial charge in [0.2, 0.25) is 0 Å². The first-order valence-corrected chi connectivity index (χ1v) is 8.90. The van der Waals surface area contributed by atoms with Crippen LogP contribution in [0.15, 0.2) is 30.5 Å². The first-order valence-electron chi connectivity index (χ1n) is 8.90. The van der Waals surface area contributed by atoms with Gasteiger partial charge in [0.05, 0.1) is 29.4 Å². The molecule has 1 aromatic carbocycles. The number of ether oxygens (including phenoxy) is 1. The van der Waals surface area contributed by atoms with Crippen molar-refractivity contribution in [3.63, 3.8) is 0 Å². The topological polar surface area (TPSA) is 52.3 Å². The summed E-state index contributed by atoms with van der Waals surface area (Å²) >= 11 is 0. The standard InChI is InChI=1S/C20H14F6N4O/c1-9-12(5-4-6-27-9)18-29-17(20(24,25)26)16-10(2)28-15-13(30(16)18)7-11(19(21,22)23)8-14(15)31-3/h4-8H,1-3H3. The van der Waals surface area contributed by atoms with Gasteiger partial charge in [-0.15, -0.1) is 0 Å². The minimum Gasteiger partial charge on any atom is -0.494 e. The third kappa shape index (κ3) is 3.33. The van der Waals surface area contributed by atoms with Crippen molar-refractivity contribution in [2.75, 3.05) is 7.11 Å². The summed E-state index contributed by atoms with van der Waals surface area (Å²) in [5.41, 5.74) is -2.43. The van der Waals surface area contributed by atoms with Gasteiger partial charge in [-0.2, -0.15) is 26.3 Å². The molecule has 3 aromatic heterocycles. The van der Waals surface area contributed by atoms with E-state index in [1.54, 1.807) is 6.92 Å². The van der Waals surface area contributed by atoms with Crippen molar-refractivity contribution >= 4 is 16.6 Å². The summed E-state index contributed by atoms with van der Waals surface area (Å²) in [5.74, 6) is -0.407. The Labute approximate surface area is 171 Å². The molecular weight excluding hydrogens is 426 g/mol. The third-order valence-electron chi connectivity index (χ3n) is 4.86. The van der Waals surface area contributed by atoms with Crippen molar-refractivity contribution in [1.29, 1.82) is 0 Å². The van der Waals surface area contributed by atoms with E-state index in [1.165, 1.54) is 25.3 Å². The average Bonchev–Trinajstić information content (AvgIpc) is 3.09. The van der Waals surface area contributed by atoms with Crippen LogP contribution in [0, 0.1) is 13.8 Å². The molecule has 31 heavy (non-hydrogen) atoms. The lowest BCUT2D eigenvalue weighted by atomic mass is 10.1. The Hall–Kier alpha value is -3.37. The number of rotatable bonds is 2. The molecular formula is C20H14F6N4O. The average molecular weight is 440 g/mol. The first-order chi connectivity index (χ1) is 14.4. The molecule has 11 heteroatoms. The fraction of sp³-hybridized carbons (Fsp3) is 0.250. The van der Waals surface area contributed by atoms with Gasteiger partial charge in [-0.1, -0.05) is 0 Å². The van der Waals surface area contributed by atoms with E-state index in [9.17, 15) is 26.3 Å². The highest BCUT2D eigenvalue weighted by molar-refractivity contribution is 5.89. The summed E-state index contributed by atoms with van der Waals surface area (Å²) < 4.78 is 88.1. The zero-order chi connectivity index (χ0) is 22.7. The molecule has 3 heterocycles. The molecule has 0 amide bonds. The lowest BCUT2D eigenvalue weighted by Crippen LogP contribution is -2.09. The van der Waals surface area contributed by atoms with E-state index < -0.39 is 29.1 Å². The number of imidazole rings is 1. The van der Waals surface area contributed by atoms with E-state index in [0.717, 1.165) is 23.6 Å². The van der Waals surface area contributed by atoms with Crippen molar-refractivity contribution in [2.24, 2.45) is 0 Å². The maximum absolute atomic E-state index is 13.8. The minimum absolute atomic E-state index is 0.0191. The summed E-state index contributed by atoms with van der Waals surface area (Å²) in [6, 6.07) is 4.52. The number of benzene rings is 1. The largest absolute Gasteiger partial charge is 0.494 e. The quantitative estimate of drug-likeness (QED) is 0.381. The second-order valence-electron chi connectivity index (χ2n) is 6.84. The van der Waals surface area contributed by atoms with E-state index in [-0.39, 0.29) is 33.9 Å². The number of pyridine rings is 1. The van der Waals surface area contributed by atoms with Crippen LogP contribution in [0.4, 0.5) is 26.3 Å². The molecule has 4 rings (SSSR count). The minimum atomic E-state index is -4.86. The molecule has 0 saturated heterocycles. The summed E-state index contributed by atoms with van der Waals surface area (Å²) in [4.78, 5) is 12.0. The fourth-order valence-electron chi connectivity index (χ4n) is 3.50. The zero-order valence-corrected chi connectivity index (χ0v) is 16.4. The number of fused-ring (bicyclic) bond motifs is 3. The highest BCUT2D eigenvalue weighted by Gasteiger charge is 2.39. The molecule has 0 saturated carbocycles. The molecule has 0 aliphatic carbocycles. The van der Waals surface area contributed by atoms with Gasteiger partial charge in [0.25, 0.3) is 0 Å². The molecule has 0 atom stereocenters. The predicted octanol–water partition coefficient (Wildman–Crippen LogP) is 5.61. The van der Waals surface area contributed by atoms with Crippen LogP contribution in [0.25, 0.3) is 27.9 Å². The van der Waals surface area contributed by atoms with Gasteiger partial charge in [0.1, 0.15) is 17.1 Å².